The van der Waals surface area contributed by atoms with E-state index in [9.17, 15) is 0 Å². The zero-order valence-corrected chi connectivity index (χ0v) is 40.1. The summed E-state index contributed by atoms with van der Waals surface area (Å²) >= 11 is 0. The van der Waals surface area contributed by atoms with E-state index in [2.05, 4.69) is 265 Å². The van der Waals surface area contributed by atoms with Crippen LogP contribution in [0.1, 0.15) is 56.3 Å². The van der Waals surface area contributed by atoms with Gasteiger partial charge in [0, 0.05) is 54.9 Å². The second-order valence-electron chi connectivity index (χ2n) is 20.1. The molecule has 0 aliphatic heterocycles. The van der Waals surface area contributed by atoms with E-state index >= 15 is 0 Å². The van der Waals surface area contributed by atoms with Crippen molar-refractivity contribution in [3.63, 3.8) is 0 Å². The molecule has 0 saturated heterocycles. The molecule has 338 valence electrons. The molecule has 2 atom stereocenters. The van der Waals surface area contributed by atoms with Crippen molar-refractivity contribution >= 4 is 76.2 Å². The number of hydrogen-bond donors (Lipinski definition) is 0. The highest BCUT2D eigenvalue weighted by Crippen LogP contribution is 2.50. The third-order valence-electron chi connectivity index (χ3n) is 15.8. The van der Waals surface area contributed by atoms with Crippen LogP contribution < -0.4 is 0 Å². The maximum Gasteiger partial charge on any atom is 0.0623 e. The van der Waals surface area contributed by atoms with Gasteiger partial charge in [0.25, 0.3) is 0 Å². The van der Waals surface area contributed by atoms with Crippen molar-refractivity contribution in [1.29, 1.82) is 0 Å². The Labute approximate surface area is 418 Å². The standard InChI is InChI=1S/C70H48N2/c1-43-35-49(45-19-7-3-8-20-45)39-51(37-43)65(47-23-11-5-12-24-47)57-33-31-53-59-41-64-60(42-63(59)71-61-29-17-15-27-55(61)67(57)69(53)71)54-32-34-58(68-56-28-16-18-30-62(56)72(64)70(54)68)66(48-25-13-6-14-26-48)52-38-44(2)36-50(40-52)46-21-9-4-10-22-46/h3-42,65-66H,1-2H3. The van der Waals surface area contributed by atoms with Gasteiger partial charge >= 0.3 is 0 Å². The highest BCUT2D eigenvalue weighted by molar-refractivity contribution is 6.30. The molecular formula is C70H48N2. The molecule has 0 bridgehead atoms. The zero-order chi connectivity index (χ0) is 47.6. The van der Waals surface area contributed by atoms with Gasteiger partial charge < -0.3 is 8.80 Å². The van der Waals surface area contributed by atoms with Crippen LogP contribution in [0.5, 0.6) is 0 Å². The van der Waals surface area contributed by atoms with E-state index in [0.29, 0.717) is 0 Å². The number of benzene rings is 11. The topological polar surface area (TPSA) is 8.82 Å². The van der Waals surface area contributed by atoms with E-state index in [1.54, 1.807) is 0 Å². The maximum absolute atomic E-state index is 2.58. The monoisotopic (exact) mass is 916 g/mol. The molecule has 0 aliphatic rings. The molecule has 0 radical (unpaired) electrons. The first-order valence-electron chi connectivity index (χ1n) is 25.3. The molecule has 0 N–H and O–H groups in total. The molecule has 72 heavy (non-hydrogen) atoms. The molecule has 4 aromatic heterocycles. The van der Waals surface area contributed by atoms with Gasteiger partial charge in [-0.1, -0.05) is 230 Å². The van der Waals surface area contributed by atoms with Crippen LogP contribution in [0, 0.1) is 13.8 Å². The average molecular weight is 917 g/mol. The fourth-order valence-corrected chi connectivity index (χ4v) is 13.0. The summed E-state index contributed by atoms with van der Waals surface area (Å²) in [7, 11) is 0. The van der Waals surface area contributed by atoms with Gasteiger partial charge in [0.05, 0.1) is 33.1 Å². The molecule has 0 fully saturated rings. The van der Waals surface area contributed by atoms with Crippen molar-refractivity contribution in [3.05, 3.63) is 287 Å². The van der Waals surface area contributed by atoms with E-state index in [4.69, 9.17) is 0 Å². The van der Waals surface area contributed by atoms with Crippen LogP contribution in [0.3, 0.4) is 0 Å². The van der Waals surface area contributed by atoms with Crippen LogP contribution in [-0.2, 0) is 0 Å². The molecule has 2 unspecified atom stereocenters. The fraction of sp³-hybridized carbons (Fsp3) is 0.0571. The van der Waals surface area contributed by atoms with Crippen molar-refractivity contribution < 1.29 is 0 Å². The van der Waals surface area contributed by atoms with E-state index in [-0.39, 0.29) is 11.8 Å². The van der Waals surface area contributed by atoms with Crippen molar-refractivity contribution in [1.82, 2.24) is 8.80 Å². The number of aryl methyl sites for hydroxylation is 2. The first-order chi connectivity index (χ1) is 35.6. The Bertz CT molecular complexity index is 4270. The second kappa shape index (κ2) is 15.8. The number of nitrogens with zero attached hydrogens (tertiary/aromatic N) is 2. The maximum atomic E-state index is 2.58. The Hall–Kier alpha value is -8.98. The summed E-state index contributed by atoms with van der Waals surface area (Å²) in [6, 6.07) is 91.1. The van der Waals surface area contributed by atoms with Gasteiger partial charge in [0.1, 0.15) is 0 Å². The van der Waals surface area contributed by atoms with Gasteiger partial charge in [0.15, 0.2) is 0 Å². The van der Waals surface area contributed by atoms with Gasteiger partial charge in [-0.25, -0.2) is 0 Å². The normalized spacial score (nSPS) is 13.0. The van der Waals surface area contributed by atoms with Crippen LogP contribution in [-0.4, -0.2) is 8.80 Å². The van der Waals surface area contributed by atoms with Crippen LogP contribution >= 0.6 is 0 Å². The predicted molar refractivity (Wildman–Crippen MR) is 304 cm³/mol. The lowest BCUT2D eigenvalue weighted by molar-refractivity contribution is 0.988. The van der Waals surface area contributed by atoms with Gasteiger partial charge in [-0.15, -0.1) is 0 Å². The van der Waals surface area contributed by atoms with Gasteiger partial charge in [-0.3, -0.25) is 0 Å². The molecule has 0 saturated carbocycles. The number of aromatic nitrogens is 2. The van der Waals surface area contributed by atoms with Crippen molar-refractivity contribution in [2.45, 2.75) is 25.7 Å². The minimum absolute atomic E-state index is 0.0145. The summed E-state index contributed by atoms with van der Waals surface area (Å²) in [6.07, 6.45) is 0. The summed E-state index contributed by atoms with van der Waals surface area (Å²) < 4.78 is 5.16. The molecular weight excluding hydrogens is 869 g/mol. The quantitative estimate of drug-likeness (QED) is 0.134. The molecule has 2 heteroatoms. The van der Waals surface area contributed by atoms with Crippen LogP contribution in [0.25, 0.3) is 98.4 Å². The largest absolute Gasteiger partial charge is 0.308 e. The molecule has 0 amide bonds. The summed E-state index contributed by atoms with van der Waals surface area (Å²) in [5.41, 5.74) is 22.9. The van der Waals surface area contributed by atoms with Crippen molar-refractivity contribution in [2.24, 2.45) is 0 Å². The first-order valence-corrected chi connectivity index (χ1v) is 25.3. The number of hydrogen-bond acceptors (Lipinski definition) is 0. The number of rotatable bonds is 8. The van der Waals surface area contributed by atoms with Crippen molar-refractivity contribution in [3.8, 4) is 22.3 Å². The summed E-state index contributed by atoms with van der Waals surface area (Å²) in [6.45, 7) is 4.47. The minimum atomic E-state index is 0.0145. The Morgan fingerprint density at radius 2 is 0.639 bits per heavy atom. The summed E-state index contributed by atoms with van der Waals surface area (Å²) in [5.74, 6) is 0.0289. The number of para-hydroxylation sites is 2. The Morgan fingerprint density at radius 1 is 0.264 bits per heavy atom. The third kappa shape index (κ3) is 6.02. The van der Waals surface area contributed by atoms with E-state index in [1.165, 1.54) is 143 Å². The smallest absolute Gasteiger partial charge is 0.0623 e. The molecule has 0 spiro atoms. The highest BCUT2D eigenvalue weighted by Gasteiger charge is 2.29. The van der Waals surface area contributed by atoms with Gasteiger partial charge in [-0.05, 0) is 93.7 Å². The van der Waals surface area contributed by atoms with Gasteiger partial charge in [0.2, 0.25) is 0 Å². The van der Waals surface area contributed by atoms with E-state index < -0.39 is 0 Å². The fourth-order valence-electron chi connectivity index (χ4n) is 13.0. The lowest BCUT2D eigenvalue weighted by atomic mass is 9.81. The molecule has 11 aromatic carbocycles. The highest BCUT2D eigenvalue weighted by atomic mass is 14.9. The average Bonchev–Trinajstić information content (AvgIpc) is 4.16. The Kier molecular flexibility index (Phi) is 8.95. The molecule has 0 aliphatic carbocycles. The number of fused-ring (bicyclic) bond motifs is 12. The lowest BCUT2D eigenvalue weighted by Crippen LogP contribution is -2.05. The minimum Gasteiger partial charge on any atom is -0.308 e. The van der Waals surface area contributed by atoms with Gasteiger partial charge in [-0.2, -0.15) is 0 Å². The molecule has 15 aromatic rings. The van der Waals surface area contributed by atoms with Crippen LogP contribution in [0.4, 0.5) is 0 Å². The molecule has 4 heterocycles. The van der Waals surface area contributed by atoms with E-state index in [1.807, 2.05) is 0 Å². The lowest BCUT2D eigenvalue weighted by Gasteiger charge is -2.22. The predicted octanol–water partition coefficient (Wildman–Crippen LogP) is 18.3. The molecule has 15 rings (SSSR count). The molecule has 2 nitrogen and oxygen atoms in total. The Morgan fingerprint density at radius 3 is 1.06 bits per heavy atom. The van der Waals surface area contributed by atoms with Crippen molar-refractivity contribution in [2.75, 3.05) is 0 Å². The SMILES string of the molecule is Cc1cc(-c2ccccc2)cc(C(c2ccccc2)c2ccc3c4cc5c(cc4n4c6ccccc6c2c34)c2ccc(C(c3ccccc3)c3cc(C)cc(-c4ccccc4)c3)c3c4ccccc4n5c23)c1. The summed E-state index contributed by atoms with van der Waals surface area (Å²) in [4.78, 5) is 0. The Balaban J connectivity index is 0.995. The van der Waals surface area contributed by atoms with E-state index in [0.717, 1.165) is 0 Å². The third-order valence-corrected chi connectivity index (χ3v) is 15.8. The summed E-state index contributed by atoms with van der Waals surface area (Å²) in [5, 5.41) is 10.3. The van der Waals surface area contributed by atoms with Crippen LogP contribution in [0.15, 0.2) is 243 Å². The second-order valence-corrected chi connectivity index (χ2v) is 20.1. The van der Waals surface area contributed by atoms with Crippen LogP contribution in [0.2, 0.25) is 0 Å². The zero-order valence-electron chi connectivity index (χ0n) is 40.1. The first kappa shape index (κ1) is 40.9.